The van der Waals surface area contributed by atoms with Gasteiger partial charge in [0.25, 0.3) is 0 Å². The van der Waals surface area contributed by atoms with Gasteiger partial charge >= 0.3 is 0 Å². The lowest BCUT2D eigenvalue weighted by Crippen LogP contribution is -2.24. The molecule has 1 aliphatic carbocycles. The quantitative estimate of drug-likeness (QED) is 0.478. The van der Waals surface area contributed by atoms with Gasteiger partial charge in [0.15, 0.2) is 0 Å². The van der Waals surface area contributed by atoms with Crippen LogP contribution in [0.3, 0.4) is 0 Å². The first-order valence-electron chi connectivity index (χ1n) is 4.98. The maximum absolute atomic E-state index is 5.23. The monoisotopic (exact) mass is 194 g/mol. The van der Waals surface area contributed by atoms with E-state index in [9.17, 15) is 0 Å². The van der Waals surface area contributed by atoms with Crippen molar-refractivity contribution in [3.05, 3.63) is 37.8 Å². The zero-order valence-corrected chi connectivity index (χ0v) is 8.52. The van der Waals surface area contributed by atoms with Crippen LogP contribution >= 0.6 is 0 Å². The lowest BCUT2D eigenvalue weighted by atomic mass is 9.84. The highest BCUT2D eigenvalue weighted by Gasteiger charge is 2.22. The fourth-order valence-corrected chi connectivity index (χ4v) is 1.72. The lowest BCUT2D eigenvalue weighted by molar-refractivity contribution is 0.0992. The molecule has 0 amide bonds. The fourth-order valence-electron chi connectivity index (χ4n) is 1.72. The molecule has 2 heteroatoms. The van der Waals surface area contributed by atoms with Gasteiger partial charge < -0.3 is 9.47 Å². The van der Waals surface area contributed by atoms with Gasteiger partial charge in [-0.15, -0.1) is 0 Å². The van der Waals surface area contributed by atoms with Crippen molar-refractivity contribution in [1.29, 1.82) is 0 Å². The maximum atomic E-state index is 5.23. The predicted molar refractivity (Wildman–Crippen MR) is 57.7 cm³/mol. The number of ether oxygens (including phenoxy) is 2. The minimum absolute atomic E-state index is 0.540. The van der Waals surface area contributed by atoms with Crippen molar-refractivity contribution in [3.8, 4) is 0 Å². The molecule has 0 aliphatic heterocycles. The average molecular weight is 194 g/mol. The van der Waals surface area contributed by atoms with Gasteiger partial charge in [0.1, 0.15) is 0 Å². The second-order valence-electron chi connectivity index (χ2n) is 3.46. The van der Waals surface area contributed by atoms with E-state index < -0.39 is 0 Å². The molecule has 0 saturated heterocycles. The Bertz CT molecular complexity index is 186. The predicted octanol–water partition coefficient (Wildman–Crippen LogP) is 2.89. The summed E-state index contributed by atoms with van der Waals surface area (Å²) in [6.45, 7) is 8.56. The van der Waals surface area contributed by atoms with E-state index in [1.807, 2.05) is 0 Å². The molecule has 0 aromatic rings. The summed E-state index contributed by atoms with van der Waals surface area (Å²) >= 11 is 0. The summed E-state index contributed by atoms with van der Waals surface area (Å²) in [7, 11) is 0. The van der Waals surface area contributed by atoms with Gasteiger partial charge in [0, 0.05) is 11.8 Å². The van der Waals surface area contributed by atoms with E-state index in [1.54, 1.807) is 0 Å². The molecule has 0 saturated carbocycles. The molecule has 0 radical (unpaired) electrons. The third-order valence-corrected chi connectivity index (χ3v) is 2.57. The van der Waals surface area contributed by atoms with E-state index in [0.29, 0.717) is 11.8 Å². The number of hydrogen-bond acceptors (Lipinski definition) is 2. The fraction of sp³-hybridized carbons (Fsp3) is 0.500. The summed E-state index contributed by atoms with van der Waals surface area (Å²) < 4.78 is 10.5. The molecule has 0 heterocycles. The maximum Gasteiger partial charge on any atom is 0.0908 e. The Labute approximate surface area is 85.9 Å². The molecule has 78 valence electrons. The Morgan fingerprint density at radius 1 is 1.00 bits per heavy atom. The van der Waals surface area contributed by atoms with Crippen molar-refractivity contribution in [1.82, 2.24) is 0 Å². The van der Waals surface area contributed by atoms with Crippen LogP contribution in [0.2, 0.25) is 0 Å². The Balaban J connectivity index is 2.38. The van der Waals surface area contributed by atoms with E-state index in [0.717, 1.165) is 26.1 Å². The summed E-state index contributed by atoms with van der Waals surface area (Å²) in [5.74, 6) is 1.08. The van der Waals surface area contributed by atoms with Gasteiger partial charge in [0.05, 0.1) is 25.7 Å². The van der Waals surface area contributed by atoms with Crippen molar-refractivity contribution in [2.75, 3.05) is 13.2 Å². The zero-order valence-electron chi connectivity index (χ0n) is 8.52. The van der Waals surface area contributed by atoms with Crippen molar-refractivity contribution in [3.63, 3.8) is 0 Å². The number of hydrogen-bond donors (Lipinski definition) is 0. The van der Waals surface area contributed by atoms with Crippen LogP contribution < -0.4 is 0 Å². The van der Waals surface area contributed by atoms with Crippen molar-refractivity contribution < 1.29 is 9.47 Å². The van der Waals surface area contributed by atoms with Gasteiger partial charge in [-0.25, -0.2) is 0 Å². The van der Waals surface area contributed by atoms with Gasteiger partial charge in [-0.2, -0.15) is 0 Å². The molecule has 1 aliphatic rings. The van der Waals surface area contributed by atoms with Gasteiger partial charge in [-0.05, 0) is 12.8 Å². The second kappa shape index (κ2) is 6.30. The average Bonchev–Trinajstić information content (AvgIpc) is 2.24. The molecule has 0 aromatic heterocycles. The molecular weight excluding hydrogens is 176 g/mol. The molecule has 2 unspecified atom stereocenters. The first kappa shape index (κ1) is 10.9. The van der Waals surface area contributed by atoms with Crippen LogP contribution in [0.25, 0.3) is 0 Å². The summed E-state index contributed by atoms with van der Waals surface area (Å²) in [5.41, 5.74) is 0. The van der Waals surface area contributed by atoms with Crippen LogP contribution in [0.1, 0.15) is 12.8 Å². The summed E-state index contributed by atoms with van der Waals surface area (Å²) in [4.78, 5) is 0. The lowest BCUT2D eigenvalue weighted by Gasteiger charge is -2.27. The highest BCUT2D eigenvalue weighted by molar-refractivity contribution is 4.94. The van der Waals surface area contributed by atoms with E-state index in [4.69, 9.17) is 9.47 Å². The van der Waals surface area contributed by atoms with Crippen LogP contribution in [0.15, 0.2) is 37.8 Å². The van der Waals surface area contributed by atoms with E-state index in [2.05, 4.69) is 25.3 Å². The summed E-state index contributed by atoms with van der Waals surface area (Å²) in [6.07, 6.45) is 9.56. The van der Waals surface area contributed by atoms with Crippen LogP contribution in [-0.2, 0) is 9.47 Å². The molecule has 14 heavy (non-hydrogen) atoms. The van der Waals surface area contributed by atoms with Crippen LogP contribution in [-0.4, -0.2) is 13.2 Å². The minimum atomic E-state index is 0.540. The van der Waals surface area contributed by atoms with E-state index in [-0.39, 0.29) is 0 Å². The topological polar surface area (TPSA) is 18.5 Å². The van der Waals surface area contributed by atoms with Gasteiger partial charge in [-0.3, -0.25) is 0 Å². The number of allylic oxidation sites excluding steroid dienone is 2. The molecule has 2 atom stereocenters. The standard InChI is InChI=1S/C12H18O2/c1-3-13-9-11-7-5-6-8-12(11)10-14-4-2/h3-6,11-12H,1-2,7-10H2. The van der Waals surface area contributed by atoms with E-state index in [1.165, 1.54) is 12.5 Å². The molecule has 0 fully saturated rings. The zero-order chi connectivity index (χ0) is 10.2. The number of rotatable bonds is 6. The molecule has 0 spiro atoms. The first-order chi connectivity index (χ1) is 6.88. The Morgan fingerprint density at radius 3 is 1.79 bits per heavy atom. The molecule has 1 rings (SSSR count). The Hall–Kier alpha value is -1.18. The molecule has 0 N–H and O–H groups in total. The minimum Gasteiger partial charge on any atom is -0.502 e. The van der Waals surface area contributed by atoms with Crippen molar-refractivity contribution in [2.24, 2.45) is 11.8 Å². The SMILES string of the molecule is C=COCC1CC=CCC1COC=C. The first-order valence-corrected chi connectivity index (χ1v) is 4.98. The Morgan fingerprint density at radius 2 is 1.43 bits per heavy atom. The second-order valence-corrected chi connectivity index (χ2v) is 3.46. The van der Waals surface area contributed by atoms with Crippen LogP contribution in [0.4, 0.5) is 0 Å². The molecular formula is C12H18O2. The van der Waals surface area contributed by atoms with Gasteiger partial charge in [-0.1, -0.05) is 25.3 Å². The normalized spacial score (nSPS) is 25.4. The smallest absolute Gasteiger partial charge is 0.0908 e. The highest BCUT2D eigenvalue weighted by Crippen LogP contribution is 2.26. The molecule has 2 nitrogen and oxygen atoms in total. The highest BCUT2D eigenvalue weighted by atomic mass is 16.5. The summed E-state index contributed by atoms with van der Waals surface area (Å²) in [5, 5.41) is 0. The third-order valence-electron chi connectivity index (χ3n) is 2.57. The van der Waals surface area contributed by atoms with Crippen LogP contribution in [0.5, 0.6) is 0 Å². The van der Waals surface area contributed by atoms with E-state index >= 15 is 0 Å². The van der Waals surface area contributed by atoms with Crippen LogP contribution in [0, 0.1) is 11.8 Å². The molecule has 0 bridgehead atoms. The third kappa shape index (κ3) is 3.29. The largest absolute Gasteiger partial charge is 0.502 e. The summed E-state index contributed by atoms with van der Waals surface area (Å²) in [6, 6.07) is 0. The van der Waals surface area contributed by atoms with Crippen molar-refractivity contribution in [2.45, 2.75) is 12.8 Å². The molecule has 0 aromatic carbocycles. The van der Waals surface area contributed by atoms with Crippen molar-refractivity contribution >= 4 is 0 Å². The van der Waals surface area contributed by atoms with Gasteiger partial charge in [0.2, 0.25) is 0 Å². The Kier molecular flexibility index (Phi) is 4.90.